The van der Waals surface area contributed by atoms with E-state index in [4.69, 9.17) is 4.74 Å². The predicted molar refractivity (Wildman–Crippen MR) is 120 cm³/mol. The molecule has 1 N–H and O–H groups in total. The second-order valence-electron chi connectivity index (χ2n) is 9.27. The fourth-order valence-electron chi connectivity index (χ4n) is 4.63. The molecule has 4 unspecified atom stereocenters. The second-order valence-corrected chi connectivity index (χ2v) is 9.27. The third kappa shape index (κ3) is 6.36. The van der Waals surface area contributed by atoms with Crippen LogP contribution in [0.25, 0.3) is 0 Å². The van der Waals surface area contributed by atoms with E-state index in [9.17, 15) is 27.2 Å². The summed E-state index contributed by atoms with van der Waals surface area (Å²) < 4.78 is 58.1. The molecule has 4 rings (SSSR count). The van der Waals surface area contributed by atoms with Crippen LogP contribution < -0.4 is 5.32 Å². The molecule has 0 radical (unpaired) electrons. The number of nitrogens with one attached hydrogen (secondary N) is 1. The van der Waals surface area contributed by atoms with Crippen molar-refractivity contribution in [3.63, 3.8) is 0 Å². The predicted octanol–water partition coefficient (Wildman–Crippen LogP) is 4.92. The van der Waals surface area contributed by atoms with Crippen molar-refractivity contribution in [1.82, 2.24) is 10.2 Å². The number of hydrogen-bond donors (Lipinski definition) is 1. The maximum absolute atomic E-state index is 14.0. The van der Waals surface area contributed by atoms with Gasteiger partial charge in [-0.25, -0.2) is 4.39 Å². The molecule has 2 amide bonds. The van der Waals surface area contributed by atoms with Gasteiger partial charge < -0.3 is 10.1 Å². The van der Waals surface area contributed by atoms with Crippen molar-refractivity contribution in [2.75, 3.05) is 19.8 Å². The number of unbranched alkanes of at least 4 members (excludes halogenated alkanes) is 1. The smallest absolute Gasteiger partial charge is 0.378 e. The number of ether oxygens (including phenoxy) is 1. The first-order valence-electron chi connectivity index (χ1n) is 12.2. The van der Waals surface area contributed by atoms with Crippen LogP contribution in [0.4, 0.5) is 17.6 Å². The van der Waals surface area contributed by atoms with Gasteiger partial charge in [0.1, 0.15) is 6.17 Å². The molecule has 0 aromatic heterocycles. The number of carbonyl (C=O) groups excluding carboxylic acids is 2. The molecule has 4 atom stereocenters. The second kappa shape index (κ2) is 11.6. The zero-order chi connectivity index (χ0) is 24.9. The highest BCUT2D eigenvalue weighted by molar-refractivity contribution is 6.07. The van der Waals surface area contributed by atoms with Crippen LogP contribution in [0.5, 0.6) is 0 Å². The number of nitrogens with zero attached hydrogens (tertiary/aromatic N) is 1. The first-order valence-corrected chi connectivity index (χ1v) is 12.2. The van der Waals surface area contributed by atoms with Crippen molar-refractivity contribution in [3.8, 4) is 0 Å². The van der Waals surface area contributed by atoms with Crippen LogP contribution in [0, 0.1) is 5.92 Å². The summed E-state index contributed by atoms with van der Waals surface area (Å²) in [5.74, 6) is -1.41. The summed E-state index contributed by atoms with van der Waals surface area (Å²) in [6.07, 6.45) is -0.347. The summed E-state index contributed by atoms with van der Waals surface area (Å²) in [5, 5.41) is 3.27. The highest BCUT2D eigenvalue weighted by atomic mass is 19.4. The molecule has 1 aliphatic carbocycles. The minimum atomic E-state index is -4.55. The molecular weight excluding hydrogens is 452 g/mol. The summed E-state index contributed by atoms with van der Waals surface area (Å²) in [5.41, 5.74) is -0.428. The van der Waals surface area contributed by atoms with Gasteiger partial charge in [0.25, 0.3) is 5.91 Å². The Bertz CT molecular complexity index is 859. The summed E-state index contributed by atoms with van der Waals surface area (Å²) in [6, 6.07) is 2.79. The van der Waals surface area contributed by atoms with Crippen molar-refractivity contribution >= 4 is 11.8 Å². The molecule has 5 nitrogen and oxygen atoms in total. The Labute approximate surface area is 198 Å². The van der Waals surface area contributed by atoms with Crippen LogP contribution >= 0.6 is 0 Å². The summed E-state index contributed by atoms with van der Waals surface area (Å²) >= 11 is 0. The third-order valence-corrected chi connectivity index (χ3v) is 6.80. The van der Waals surface area contributed by atoms with E-state index in [1.807, 2.05) is 0 Å². The van der Waals surface area contributed by atoms with Crippen LogP contribution in [0.15, 0.2) is 18.2 Å². The van der Waals surface area contributed by atoms with Gasteiger partial charge in [-0.1, -0.05) is 32.8 Å². The Morgan fingerprint density at radius 2 is 1.91 bits per heavy atom. The lowest BCUT2D eigenvalue weighted by Crippen LogP contribution is -2.48. The molecule has 0 spiro atoms. The Morgan fingerprint density at radius 1 is 1.18 bits per heavy atom. The number of imide groups is 1. The van der Waals surface area contributed by atoms with Gasteiger partial charge in [0.15, 0.2) is 0 Å². The largest absolute Gasteiger partial charge is 0.416 e. The Hall–Kier alpha value is -2.00. The molecule has 9 heteroatoms. The fraction of sp³-hybridized carbons (Fsp3) is 0.680. The van der Waals surface area contributed by atoms with Crippen LogP contribution in [0.3, 0.4) is 0 Å². The maximum Gasteiger partial charge on any atom is 0.416 e. The number of rotatable bonds is 4. The monoisotopic (exact) mass is 486 g/mol. The molecule has 34 heavy (non-hydrogen) atoms. The van der Waals surface area contributed by atoms with Crippen LogP contribution in [0.1, 0.15) is 73.9 Å². The molecule has 2 aliphatic heterocycles. The highest BCUT2D eigenvalue weighted by Crippen LogP contribution is 2.34. The Kier molecular flexibility index (Phi) is 9.09. The van der Waals surface area contributed by atoms with Gasteiger partial charge in [-0.2, -0.15) is 13.2 Å². The van der Waals surface area contributed by atoms with Crippen molar-refractivity contribution in [1.29, 1.82) is 0 Å². The molecule has 1 saturated carbocycles. The van der Waals surface area contributed by atoms with E-state index in [2.05, 4.69) is 19.2 Å². The Morgan fingerprint density at radius 3 is 2.56 bits per heavy atom. The van der Waals surface area contributed by atoms with Gasteiger partial charge in [0.05, 0.1) is 12.2 Å². The standard InChI is InChI=1S/C21H24F4N2O3.C4H10/c22-17-11-30-8-6-18(17)26-15-4-2-13(9-15)19(28)27-7-5-12-1-3-14(21(23,24)25)10-16(12)20(27)29;1-3-4-2/h1,3,10,13,15,17-18,26H,2,4-9,11H2;3-4H2,1-2H3. The molecular formula is C25H34F4N2O3. The van der Waals surface area contributed by atoms with Crippen molar-refractivity contribution in [2.24, 2.45) is 5.92 Å². The quantitative estimate of drug-likeness (QED) is 0.485. The summed E-state index contributed by atoms with van der Waals surface area (Å²) in [6.45, 7) is 5.08. The van der Waals surface area contributed by atoms with Gasteiger partial charge in [-0.15, -0.1) is 0 Å². The minimum Gasteiger partial charge on any atom is -0.378 e. The third-order valence-electron chi connectivity index (χ3n) is 6.80. The van der Waals surface area contributed by atoms with E-state index >= 15 is 0 Å². The zero-order valence-corrected chi connectivity index (χ0v) is 19.8. The lowest BCUT2D eigenvalue weighted by molar-refractivity contribution is -0.137. The first kappa shape index (κ1) is 26.6. The average Bonchev–Trinajstić information content (AvgIpc) is 3.28. The molecule has 1 aromatic carbocycles. The maximum atomic E-state index is 14.0. The number of halogens is 4. The molecule has 3 aliphatic rings. The number of fused-ring (bicyclic) bond motifs is 1. The van der Waals surface area contributed by atoms with Crippen LogP contribution in [-0.4, -0.2) is 54.7 Å². The molecule has 1 saturated heterocycles. The van der Waals surface area contributed by atoms with Crippen molar-refractivity contribution in [3.05, 3.63) is 34.9 Å². The normalized spacial score (nSPS) is 27.1. The van der Waals surface area contributed by atoms with E-state index < -0.39 is 29.7 Å². The molecule has 190 valence electrons. The number of alkyl halides is 4. The van der Waals surface area contributed by atoms with E-state index in [0.29, 0.717) is 44.3 Å². The van der Waals surface area contributed by atoms with Crippen molar-refractivity contribution in [2.45, 2.75) is 83.2 Å². The van der Waals surface area contributed by atoms with Gasteiger partial charge in [0.2, 0.25) is 5.91 Å². The topological polar surface area (TPSA) is 58.6 Å². The van der Waals surface area contributed by atoms with E-state index in [1.165, 1.54) is 18.9 Å². The zero-order valence-electron chi connectivity index (χ0n) is 19.8. The lowest BCUT2D eigenvalue weighted by Gasteiger charge is -2.31. The van der Waals surface area contributed by atoms with E-state index in [-0.39, 0.29) is 36.7 Å². The molecule has 2 heterocycles. The van der Waals surface area contributed by atoms with E-state index in [0.717, 1.165) is 17.0 Å². The van der Waals surface area contributed by atoms with Gasteiger partial charge in [-0.05, 0) is 49.8 Å². The van der Waals surface area contributed by atoms with Crippen LogP contribution in [-0.2, 0) is 22.1 Å². The first-order chi connectivity index (χ1) is 16.2. The summed E-state index contributed by atoms with van der Waals surface area (Å²) in [4.78, 5) is 26.8. The minimum absolute atomic E-state index is 0.0238. The van der Waals surface area contributed by atoms with Gasteiger partial charge in [0, 0.05) is 36.7 Å². The molecule has 1 aromatic rings. The Balaban J connectivity index is 0.000000751. The lowest BCUT2D eigenvalue weighted by atomic mass is 9.95. The number of hydrogen-bond acceptors (Lipinski definition) is 4. The molecule has 0 bridgehead atoms. The number of carbonyl (C=O) groups is 2. The fourth-order valence-corrected chi connectivity index (χ4v) is 4.63. The number of benzene rings is 1. The highest BCUT2D eigenvalue weighted by Gasteiger charge is 2.40. The SMILES string of the molecule is CCCC.O=C1c2cc(C(F)(F)F)ccc2CCN1C(=O)C1CCC(NC2CCOCC2F)C1. The van der Waals surface area contributed by atoms with Crippen LogP contribution in [0.2, 0.25) is 0 Å². The van der Waals surface area contributed by atoms with Crippen molar-refractivity contribution < 1.29 is 31.9 Å². The van der Waals surface area contributed by atoms with Gasteiger partial charge >= 0.3 is 6.18 Å². The summed E-state index contributed by atoms with van der Waals surface area (Å²) in [7, 11) is 0. The van der Waals surface area contributed by atoms with E-state index in [1.54, 1.807) is 0 Å². The molecule has 2 fully saturated rings. The number of amides is 2. The van der Waals surface area contributed by atoms with Gasteiger partial charge in [-0.3, -0.25) is 14.5 Å². The average molecular weight is 487 g/mol.